The lowest BCUT2D eigenvalue weighted by Gasteiger charge is -2.26. The maximum Gasteiger partial charge on any atom is 0.270 e. The molecule has 1 aliphatic rings. The van der Waals surface area contributed by atoms with Crippen molar-refractivity contribution < 1.29 is 23.9 Å². The maximum absolute atomic E-state index is 13.0. The first-order chi connectivity index (χ1) is 15.3. The predicted molar refractivity (Wildman–Crippen MR) is 114 cm³/mol. The molecular formula is C23H24N4O5. The van der Waals surface area contributed by atoms with Crippen LogP contribution < -0.4 is 15.8 Å². The van der Waals surface area contributed by atoms with Gasteiger partial charge < -0.3 is 25.4 Å². The van der Waals surface area contributed by atoms with E-state index in [1.807, 2.05) is 25.1 Å². The molecule has 0 aliphatic carbocycles. The molecule has 9 nitrogen and oxygen atoms in total. The van der Waals surface area contributed by atoms with Crippen molar-refractivity contribution in [1.82, 2.24) is 10.2 Å². The molecule has 1 atom stereocenters. The van der Waals surface area contributed by atoms with Crippen molar-refractivity contribution in [2.45, 2.75) is 33.2 Å². The number of nitrogens with zero attached hydrogens (tertiary/aromatic N) is 2. The third-order valence-corrected chi connectivity index (χ3v) is 5.08. The van der Waals surface area contributed by atoms with Crippen molar-refractivity contribution in [3.8, 4) is 11.8 Å². The number of hydrogen-bond donors (Lipinski definition) is 2. The van der Waals surface area contributed by atoms with Crippen molar-refractivity contribution in [3.05, 3.63) is 64.2 Å². The molecule has 0 saturated heterocycles. The Morgan fingerprint density at radius 3 is 2.75 bits per heavy atom. The van der Waals surface area contributed by atoms with Crippen molar-refractivity contribution in [2.75, 3.05) is 13.2 Å². The van der Waals surface area contributed by atoms with E-state index < -0.39 is 18.0 Å². The molecule has 0 unspecified atom stereocenters. The number of carbonyl (C=O) groups excluding carboxylic acids is 3. The zero-order chi connectivity index (χ0) is 23.3. The Hall–Kier alpha value is -3.90. The average molecular weight is 436 g/mol. The van der Waals surface area contributed by atoms with Crippen molar-refractivity contribution in [2.24, 2.45) is 5.73 Å². The standard InChI is InChI=1S/C23H24N4O5/c1-3-31-23(27-12-18-14(2)5-4-6-17(18)22(27)30)21(29)26-11-16-8-7-15(10-24)9-19(16)32-13-20(25)28/h4-9,23H,3,11-13H2,1-2H3,(H2,25,28)(H,26,29)/t23-/m0/s1. The fourth-order valence-corrected chi connectivity index (χ4v) is 3.49. The first-order valence-corrected chi connectivity index (χ1v) is 10.1. The Labute approximate surface area is 185 Å². The summed E-state index contributed by atoms with van der Waals surface area (Å²) in [4.78, 5) is 38.3. The molecule has 1 heterocycles. The average Bonchev–Trinajstić information content (AvgIpc) is 3.12. The number of carbonyl (C=O) groups is 3. The summed E-state index contributed by atoms with van der Waals surface area (Å²) in [6.07, 6.45) is -1.10. The number of amides is 3. The van der Waals surface area contributed by atoms with Crippen LogP contribution in [-0.2, 0) is 27.4 Å². The molecule has 0 spiro atoms. The van der Waals surface area contributed by atoms with Gasteiger partial charge in [0.1, 0.15) is 5.75 Å². The Bertz CT molecular complexity index is 1090. The second-order valence-electron chi connectivity index (χ2n) is 7.25. The van der Waals surface area contributed by atoms with E-state index >= 15 is 0 Å². The molecular weight excluding hydrogens is 412 g/mol. The number of rotatable bonds is 9. The summed E-state index contributed by atoms with van der Waals surface area (Å²) in [6, 6.07) is 12.1. The molecule has 1 aliphatic heterocycles. The maximum atomic E-state index is 13.0. The Balaban J connectivity index is 1.75. The summed E-state index contributed by atoms with van der Waals surface area (Å²) in [6.45, 7) is 3.86. The van der Waals surface area contributed by atoms with E-state index in [-0.39, 0.29) is 38.0 Å². The number of nitrogens with one attached hydrogen (secondary N) is 1. The first kappa shape index (κ1) is 22.8. The number of aryl methyl sites for hydroxylation is 1. The number of primary amides is 1. The molecule has 3 N–H and O–H groups in total. The highest BCUT2D eigenvalue weighted by atomic mass is 16.5. The smallest absolute Gasteiger partial charge is 0.270 e. The number of nitrogens with two attached hydrogens (primary N) is 1. The van der Waals surface area contributed by atoms with Gasteiger partial charge in [0.2, 0.25) is 6.23 Å². The molecule has 9 heteroatoms. The van der Waals surface area contributed by atoms with Gasteiger partial charge in [-0.05, 0) is 43.2 Å². The molecule has 3 rings (SSSR count). The summed E-state index contributed by atoms with van der Waals surface area (Å²) in [5, 5.41) is 11.9. The number of nitriles is 1. The van der Waals surface area contributed by atoms with E-state index in [1.165, 1.54) is 11.0 Å². The zero-order valence-electron chi connectivity index (χ0n) is 17.9. The molecule has 2 aromatic rings. The highest BCUT2D eigenvalue weighted by Gasteiger charge is 2.37. The summed E-state index contributed by atoms with van der Waals surface area (Å²) in [5.41, 5.74) is 8.43. The van der Waals surface area contributed by atoms with Crippen LogP contribution in [0.5, 0.6) is 5.75 Å². The van der Waals surface area contributed by atoms with Crippen LogP contribution in [0, 0.1) is 18.3 Å². The van der Waals surface area contributed by atoms with Gasteiger partial charge in [0.15, 0.2) is 6.61 Å². The molecule has 0 aromatic heterocycles. The topological polar surface area (TPSA) is 135 Å². The molecule has 0 saturated carbocycles. The van der Waals surface area contributed by atoms with Crippen LogP contribution in [0.25, 0.3) is 0 Å². The van der Waals surface area contributed by atoms with Gasteiger partial charge in [0, 0.05) is 24.3 Å². The Morgan fingerprint density at radius 2 is 2.09 bits per heavy atom. The minimum Gasteiger partial charge on any atom is -0.483 e. The highest BCUT2D eigenvalue weighted by molar-refractivity contribution is 6.01. The molecule has 166 valence electrons. The number of benzene rings is 2. The van der Waals surface area contributed by atoms with Gasteiger partial charge in [-0.3, -0.25) is 14.4 Å². The normalized spacial score (nSPS) is 13.3. The van der Waals surface area contributed by atoms with E-state index in [1.54, 1.807) is 25.1 Å². The molecule has 0 bridgehead atoms. The molecule has 32 heavy (non-hydrogen) atoms. The van der Waals surface area contributed by atoms with Crippen molar-refractivity contribution in [3.63, 3.8) is 0 Å². The quantitative estimate of drug-likeness (QED) is 0.610. The first-order valence-electron chi connectivity index (χ1n) is 10.1. The van der Waals surface area contributed by atoms with Crippen LogP contribution in [0.15, 0.2) is 36.4 Å². The Morgan fingerprint density at radius 1 is 1.31 bits per heavy atom. The molecule has 2 aromatic carbocycles. The number of ether oxygens (including phenoxy) is 2. The van der Waals surface area contributed by atoms with Gasteiger partial charge in [0.25, 0.3) is 17.7 Å². The lowest BCUT2D eigenvalue weighted by molar-refractivity contribution is -0.143. The van der Waals surface area contributed by atoms with Gasteiger partial charge in [0.05, 0.1) is 18.2 Å². The van der Waals surface area contributed by atoms with Crippen LogP contribution in [0.4, 0.5) is 0 Å². The third kappa shape index (κ3) is 4.87. The Kier molecular flexibility index (Phi) is 7.07. The van der Waals surface area contributed by atoms with Crippen LogP contribution in [-0.4, -0.2) is 42.1 Å². The largest absolute Gasteiger partial charge is 0.483 e. The monoisotopic (exact) mass is 436 g/mol. The van der Waals surface area contributed by atoms with Crippen LogP contribution in [0.3, 0.4) is 0 Å². The zero-order valence-corrected chi connectivity index (χ0v) is 17.9. The van der Waals surface area contributed by atoms with Crippen LogP contribution in [0.1, 0.15) is 39.5 Å². The van der Waals surface area contributed by atoms with Gasteiger partial charge in [-0.25, -0.2) is 0 Å². The highest BCUT2D eigenvalue weighted by Crippen LogP contribution is 2.28. The minimum absolute atomic E-state index is 0.0379. The fraction of sp³-hybridized carbons (Fsp3) is 0.304. The second-order valence-corrected chi connectivity index (χ2v) is 7.25. The van der Waals surface area contributed by atoms with Gasteiger partial charge in [-0.15, -0.1) is 0 Å². The van der Waals surface area contributed by atoms with E-state index in [4.69, 9.17) is 20.5 Å². The van der Waals surface area contributed by atoms with E-state index in [0.717, 1.165) is 11.1 Å². The van der Waals surface area contributed by atoms with Crippen molar-refractivity contribution in [1.29, 1.82) is 5.26 Å². The molecule has 3 amide bonds. The number of fused-ring (bicyclic) bond motifs is 1. The van der Waals surface area contributed by atoms with E-state index in [2.05, 4.69) is 5.32 Å². The lowest BCUT2D eigenvalue weighted by atomic mass is 10.1. The summed E-state index contributed by atoms with van der Waals surface area (Å²) < 4.78 is 11.0. The third-order valence-electron chi connectivity index (χ3n) is 5.08. The summed E-state index contributed by atoms with van der Waals surface area (Å²) in [7, 11) is 0. The predicted octanol–water partition coefficient (Wildman–Crippen LogP) is 1.37. The molecule has 0 radical (unpaired) electrons. The number of hydrogen-bond acceptors (Lipinski definition) is 6. The lowest BCUT2D eigenvalue weighted by Crippen LogP contribution is -2.48. The van der Waals surface area contributed by atoms with E-state index in [9.17, 15) is 14.4 Å². The SMILES string of the molecule is CCO[C@@H](C(=O)NCc1ccc(C#N)cc1OCC(N)=O)N1Cc2c(C)cccc2C1=O. The second kappa shape index (κ2) is 9.94. The van der Waals surface area contributed by atoms with Gasteiger partial charge in [-0.1, -0.05) is 18.2 Å². The summed E-state index contributed by atoms with van der Waals surface area (Å²) in [5.74, 6) is -1.16. The molecule has 0 fully saturated rings. The van der Waals surface area contributed by atoms with E-state index in [0.29, 0.717) is 16.7 Å². The van der Waals surface area contributed by atoms with Gasteiger partial charge in [-0.2, -0.15) is 5.26 Å². The summed E-state index contributed by atoms with van der Waals surface area (Å²) >= 11 is 0. The van der Waals surface area contributed by atoms with Crippen LogP contribution in [0.2, 0.25) is 0 Å². The minimum atomic E-state index is -1.10. The van der Waals surface area contributed by atoms with Crippen LogP contribution >= 0.6 is 0 Å². The van der Waals surface area contributed by atoms with Gasteiger partial charge >= 0.3 is 0 Å². The van der Waals surface area contributed by atoms with Crippen molar-refractivity contribution >= 4 is 17.7 Å². The fourth-order valence-electron chi connectivity index (χ4n) is 3.49.